The SMILES string of the molecule is COc1ccc(OC)c(NC(=O)c2csc(Nc3ccc(C)cc3C)n2)c1. The van der Waals surface area contributed by atoms with Gasteiger partial charge in [0.25, 0.3) is 5.91 Å². The molecule has 0 fully saturated rings. The molecule has 3 aromatic rings. The molecule has 0 aliphatic rings. The molecule has 6 nitrogen and oxygen atoms in total. The number of amides is 1. The van der Waals surface area contributed by atoms with Crippen molar-refractivity contribution in [1.29, 1.82) is 0 Å². The van der Waals surface area contributed by atoms with Crippen molar-refractivity contribution in [2.24, 2.45) is 0 Å². The molecule has 2 N–H and O–H groups in total. The van der Waals surface area contributed by atoms with Crippen molar-refractivity contribution in [2.75, 3.05) is 24.9 Å². The molecule has 0 radical (unpaired) electrons. The predicted octanol–water partition coefficient (Wildman–Crippen LogP) is 4.77. The highest BCUT2D eigenvalue weighted by molar-refractivity contribution is 7.14. The second kappa shape index (κ2) is 8.09. The van der Waals surface area contributed by atoms with Crippen LogP contribution < -0.4 is 20.1 Å². The van der Waals surface area contributed by atoms with Crippen molar-refractivity contribution in [3.63, 3.8) is 0 Å². The molecule has 140 valence electrons. The highest BCUT2D eigenvalue weighted by atomic mass is 32.1. The number of hydrogen-bond donors (Lipinski definition) is 2. The van der Waals surface area contributed by atoms with Crippen LogP contribution in [0.1, 0.15) is 21.6 Å². The number of hydrogen-bond acceptors (Lipinski definition) is 6. The molecular formula is C20H21N3O3S. The fraction of sp³-hybridized carbons (Fsp3) is 0.200. The molecule has 0 unspecified atom stereocenters. The number of carbonyl (C=O) groups excluding carboxylic acids is 1. The quantitative estimate of drug-likeness (QED) is 0.641. The third kappa shape index (κ3) is 4.38. The average molecular weight is 383 g/mol. The van der Waals surface area contributed by atoms with Gasteiger partial charge in [-0.05, 0) is 37.6 Å². The Morgan fingerprint density at radius 3 is 2.56 bits per heavy atom. The zero-order valence-corrected chi connectivity index (χ0v) is 16.4. The minimum absolute atomic E-state index is 0.313. The Morgan fingerprint density at radius 1 is 1.04 bits per heavy atom. The number of thiazole rings is 1. The molecule has 0 saturated carbocycles. The number of anilines is 3. The molecule has 0 aliphatic heterocycles. The third-order valence-corrected chi connectivity index (χ3v) is 4.77. The second-order valence-electron chi connectivity index (χ2n) is 6.00. The molecule has 1 amide bonds. The van der Waals surface area contributed by atoms with Crippen LogP contribution in [-0.2, 0) is 0 Å². The lowest BCUT2D eigenvalue weighted by Crippen LogP contribution is -2.13. The maximum Gasteiger partial charge on any atom is 0.275 e. The minimum atomic E-state index is -0.313. The molecule has 7 heteroatoms. The molecule has 0 atom stereocenters. The third-order valence-electron chi connectivity index (χ3n) is 4.02. The topological polar surface area (TPSA) is 72.5 Å². The van der Waals surface area contributed by atoms with E-state index in [1.165, 1.54) is 16.9 Å². The van der Waals surface area contributed by atoms with E-state index in [4.69, 9.17) is 9.47 Å². The van der Waals surface area contributed by atoms with E-state index in [-0.39, 0.29) is 5.91 Å². The summed E-state index contributed by atoms with van der Waals surface area (Å²) >= 11 is 1.37. The van der Waals surface area contributed by atoms with Crippen molar-refractivity contribution in [3.8, 4) is 11.5 Å². The number of nitrogens with one attached hydrogen (secondary N) is 2. The largest absolute Gasteiger partial charge is 0.497 e. The van der Waals surface area contributed by atoms with Crippen LogP contribution in [0.2, 0.25) is 0 Å². The number of carbonyl (C=O) groups is 1. The summed E-state index contributed by atoms with van der Waals surface area (Å²) in [6.45, 7) is 4.08. The standard InChI is InChI=1S/C20H21N3O3S/c1-12-5-7-15(13(2)9-12)22-20-23-17(11-27-20)19(24)21-16-10-14(25-3)6-8-18(16)26-4/h5-11H,1-4H3,(H,21,24)(H,22,23). The van der Waals surface area contributed by atoms with Crippen LogP contribution in [0.3, 0.4) is 0 Å². The first-order valence-electron chi connectivity index (χ1n) is 8.33. The molecule has 1 aromatic heterocycles. The van der Waals surface area contributed by atoms with Gasteiger partial charge in [0.2, 0.25) is 0 Å². The van der Waals surface area contributed by atoms with E-state index in [9.17, 15) is 4.79 Å². The van der Waals surface area contributed by atoms with Crippen LogP contribution in [0.25, 0.3) is 0 Å². The Bertz CT molecular complexity index is 969. The summed E-state index contributed by atoms with van der Waals surface area (Å²) in [7, 11) is 3.12. The van der Waals surface area contributed by atoms with E-state index in [1.54, 1.807) is 37.8 Å². The van der Waals surface area contributed by atoms with Gasteiger partial charge in [-0.25, -0.2) is 4.98 Å². The van der Waals surface area contributed by atoms with Gasteiger partial charge < -0.3 is 20.1 Å². The Balaban J connectivity index is 1.75. The van der Waals surface area contributed by atoms with E-state index in [0.717, 1.165) is 11.3 Å². The number of nitrogens with zero attached hydrogens (tertiary/aromatic N) is 1. The molecule has 1 heterocycles. The van der Waals surface area contributed by atoms with Crippen molar-refractivity contribution in [3.05, 3.63) is 58.6 Å². The van der Waals surface area contributed by atoms with Gasteiger partial charge in [-0.15, -0.1) is 11.3 Å². The average Bonchev–Trinajstić information content (AvgIpc) is 3.12. The molecule has 0 aliphatic carbocycles. The van der Waals surface area contributed by atoms with Gasteiger partial charge in [-0.3, -0.25) is 4.79 Å². The van der Waals surface area contributed by atoms with Crippen LogP contribution in [0.15, 0.2) is 41.8 Å². The maximum atomic E-state index is 12.6. The van der Waals surface area contributed by atoms with Crippen LogP contribution in [0.4, 0.5) is 16.5 Å². The van der Waals surface area contributed by atoms with Gasteiger partial charge >= 0.3 is 0 Å². The van der Waals surface area contributed by atoms with E-state index < -0.39 is 0 Å². The van der Waals surface area contributed by atoms with E-state index >= 15 is 0 Å². The summed E-state index contributed by atoms with van der Waals surface area (Å²) in [5, 5.41) is 8.46. The number of ether oxygens (including phenoxy) is 2. The van der Waals surface area contributed by atoms with Gasteiger partial charge in [0.1, 0.15) is 17.2 Å². The first-order valence-corrected chi connectivity index (χ1v) is 9.21. The molecule has 0 spiro atoms. The number of aryl methyl sites for hydroxylation is 2. The summed E-state index contributed by atoms with van der Waals surface area (Å²) in [4.78, 5) is 17.0. The lowest BCUT2D eigenvalue weighted by atomic mass is 10.1. The van der Waals surface area contributed by atoms with E-state index in [0.29, 0.717) is 28.0 Å². The molecular weight excluding hydrogens is 362 g/mol. The van der Waals surface area contributed by atoms with Gasteiger partial charge in [0.15, 0.2) is 5.13 Å². The lowest BCUT2D eigenvalue weighted by molar-refractivity contribution is 0.102. The van der Waals surface area contributed by atoms with Crippen molar-refractivity contribution >= 4 is 33.8 Å². The Hall–Kier alpha value is -3.06. The van der Waals surface area contributed by atoms with E-state index in [1.807, 2.05) is 19.1 Å². The van der Waals surface area contributed by atoms with Crippen LogP contribution in [0, 0.1) is 13.8 Å². The highest BCUT2D eigenvalue weighted by Gasteiger charge is 2.14. The zero-order valence-electron chi connectivity index (χ0n) is 15.6. The fourth-order valence-corrected chi connectivity index (χ4v) is 3.31. The minimum Gasteiger partial charge on any atom is -0.497 e. The number of rotatable bonds is 6. The molecule has 27 heavy (non-hydrogen) atoms. The first kappa shape index (κ1) is 18.7. The van der Waals surface area contributed by atoms with Crippen molar-refractivity contribution in [2.45, 2.75) is 13.8 Å². The highest BCUT2D eigenvalue weighted by Crippen LogP contribution is 2.30. The maximum absolute atomic E-state index is 12.6. The van der Waals surface area contributed by atoms with Crippen LogP contribution in [0.5, 0.6) is 11.5 Å². The predicted molar refractivity (Wildman–Crippen MR) is 109 cm³/mol. The lowest BCUT2D eigenvalue weighted by Gasteiger charge is -2.11. The second-order valence-corrected chi connectivity index (χ2v) is 6.86. The monoisotopic (exact) mass is 383 g/mol. The summed E-state index contributed by atoms with van der Waals surface area (Å²) in [6.07, 6.45) is 0. The van der Waals surface area contributed by atoms with Crippen molar-refractivity contribution < 1.29 is 14.3 Å². The molecule has 0 bridgehead atoms. The number of benzene rings is 2. The Morgan fingerprint density at radius 2 is 1.85 bits per heavy atom. The smallest absolute Gasteiger partial charge is 0.275 e. The molecule has 0 saturated heterocycles. The summed E-state index contributed by atoms with van der Waals surface area (Å²) < 4.78 is 10.5. The van der Waals surface area contributed by atoms with Crippen molar-refractivity contribution in [1.82, 2.24) is 4.98 Å². The zero-order chi connectivity index (χ0) is 19.4. The van der Waals surface area contributed by atoms with Crippen LogP contribution in [-0.4, -0.2) is 25.1 Å². The van der Waals surface area contributed by atoms with Crippen LogP contribution >= 0.6 is 11.3 Å². The molecule has 3 rings (SSSR count). The Labute approximate surface area is 162 Å². The summed E-state index contributed by atoms with van der Waals surface area (Å²) in [5.74, 6) is 0.862. The normalized spacial score (nSPS) is 10.4. The van der Waals surface area contributed by atoms with Gasteiger partial charge in [-0.2, -0.15) is 0 Å². The summed E-state index contributed by atoms with van der Waals surface area (Å²) in [6, 6.07) is 11.3. The first-order chi connectivity index (χ1) is 13.0. The molecule has 2 aromatic carbocycles. The van der Waals surface area contributed by atoms with Gasteiger partial charge in [0.05, 0.1) is 19.9 Å². The number of methoxy groups -OCH3 is 2. The van der Waals surface area contributed by atoms with Gasteiger partial charge in [-0.1, -0.05) is 17.7 Å². The Kier molecular flexibility index (Phi) is 5.61. The van der Waals surface area contributed by atoms with Gasteiger partial charge in [0, 0.05) is 17.1 Å². The fourth-order valence-electron chi connectivity index (χ4n) is 2.60. The number of aromatic nitrogens is 1. The summed E-state index contributed by atoms with van der Waals surface area (Å²) in [5.41, 5.74) is 4.15. The van der Waals surface area contributed by atoms with E-state index in [2.05, 4.69) is 28.6 Å².